The van der Waals surface area contributed by atoms with Gasteiger partial charge in [-0.3, -0.25) is 9.59 Å². The van der Waals surface area contributed by atoms with E-state index in [1.54, 1.807) is 0 Å². The lowest BCUT2D eigenvalue weighted by Gasteiger charge is -2.40. The predicted molar refractivity (Wildman–Crippen MR) is 284 cm³/mol. The van der Waals surface area contributed by atoms with Crippen molar-refractivity contribution in [1.29, 1.82) is 0 Å². The second-order valence-corrected chi connectivity index (χ2v) is 20.7. The van der Waals surface area contributed by atoms with Crippen LogP contribution < -0.4 is 18.9 Å². The second kappa shape index (κ2) is 27.9. The number of hydrogen-bond donors (Lipinski definition) is 17. The molecule has 33 heteroatoms. The van der Waals surface area contributed by atoms with Gasteiger partial charge >= 0.3 is 35.2 Å². The number of carboxylic acid groups (broad SMARTS) is 1. The topological polar surface area (TPSA) is 525 Å². The maximum absolute atomic E-state index is 13.2. The Hall–Kier alpha value is -7.91. The minimum absolute atomic E-state index is 0.00145. The first kappa shape index (κ1) is 65.5. The van der Waals surface area contributed by atoms with Gasteiger partial charge in [0, 0.05) is 18.2 Å². The number of phenols is 3. The summed E-state index contributed by atoms with van der Waals surface area (Å²) < 4.78 is 67.5. The van der Waals surface area contributed by atoms with Crippen LogP contribution in [-0.2, 0) is 42.7 Å². The van der Waals surface area contributed by atoms with Crippen LogP contribution in [-0.4, -0.2) is 260 Å². The zero-order valence-corrected chi connectivity index (χ0v) is 45.8. The Kier molecular flexibility index (Phi) is 20.5. The Morgan fingerprint density at radius 3 is 1.37 bits per heavy atom. The van der Waals surface area contributed by atoms with Crippen LogP contribution in [0.3, 0.4) is 0 Å². The van der Waals surface area contributed by atoms with Gasteiger partial charge in [-0.2, -0.15) is 0 Å². The van der Waals surface area contributed by atoms with E-state index in [9.17, 15) is 101 Å². The molecule has 20 atom stereocenters. The number of aliphatic carboxylic acids is 1. The lowest BCUT2D eigenvalue weighted by Crippen LogP contribution is -2.60. The molecule has 9 rings (SSSR count). The highest BCUT2D eigenvalue weighted by Gasteiger charge is 2.50. The maximum Gasteiger partial charge on any atom is 0.402 e. The molecular formula is C56H61O33+. The summed E-state index contributed by atoms with van der Waals surface area (Å²) in [4.78, 5) is 49.1. The number of hydrogen-bond acceptors (Lipinski definition) is 31. The third kappa shape index (κ3) is 14.7. The third-order valence-corrected chi connectivity index (χ3v) is 14.5. The van der Waals surface area contributed by atoms with E-state index in [1.165, 1.54) is 54.6 Å². The van der Waals surface area contributed by atoms with Crippen molar-refractivity contribution < 1.29 is 163 Å². The molecule has 4 fully saturated rings. The van der Waals surface area contributed by atoms with Crippen molar-refractivity contribution in [3.63, 3.8) is 0 Å². The predicted octanol–water partition coefficient (Wildman–Crippen LogP) is -4.03. The fraction of sp³-hybridized carbons (Fsp3) is 0.446. The number of carboxylic acids is 1. The zero-order chi connectivity index (χ0) is 64.3. The number of esters is 3. The molecule has 17 N–H and O–H groups in total. The zero-order valence-electron chi connectivity index (χ0n) is 45.8. The third-order valence-electron chi connectivity index (χ3n) is 14.5. The molecule has 1 aromatic heterocycles. The molecule has 4 aromatic carbocycles. The number of rotatable bonds is 20. The van der Waals surface area contributed by atoms with E-state index in [4.69, 9.17) is 61.6 Å². The fourth-order valence-corrected chi connectivity index (χ4v) is 9.52. The Balaban J connectivity index is 0.963. The van der Waals surface area contributed by atoms with Crippen LogP contribution in [0.25, 0.3) is 22.3 Å². The van der Waals surface area contributed by atoms with E-state index in [-0.39, 0.29) is 44.9 Å². The van der Waals surface area contributed by atoms with Crippen LogP contribution in [0.1, 0.15) is 27.1 Å². The molecule has 0 unspecified atom stereocenters. The van der Waals surface area contributed by atoms with Crippen LogP contribution in [0.5, 0.6) is 40.2 Å². The summed E-state index contributed by atoms with van der Waals surface area (Å²) in [7, 11) is 0. The summed E-state index contributed by atoms with van der Waals surface area (Å²) in [5.74, 6) is -8.11. The second-order valence-electron chi connectivity index (χ2n) is 20.7. The molecular weight excluding hydrogens is 1200 g/mol. The van der Waals surface area contributed by atoms with Crippen molar-refractivity contribution in [3.05, 3.63) is 96.1 Å². The SMILES string of the molecule is O=C(O)CC(=O)OC[C@H]1O[C@@H](Oc2cc3c(O)cc(O[C@@H]4O[C@H](COC(=O)c5ccc(O)cc5)[C@@H](O)[C@H](O)[C@H]4O)cc3[o+]c2-c2ccc(O)c(O[C@@H]3O[C@H](COC(=O)c4ccc(O[C@@H]5O[C@H](CO)[C@@H](O)[C@H](O)[C@H]5O)cc4)[C@@H](O)[C@H](O)[C@H]3O)c2)[C@H](O)[C@@H](O)[C@@H]1O. The van der Waals surface area contributed by atoms with E-state index >= 15 is 0 Å². The maximum atomic E-state index is 13.2. The Morgan fingerprint density at radius 2 is 0.876 bits per heavy atom. The summed E-state index contributed by atoms with van der Waals surface area (Å²) in [5.41, 5.74) is -0.590. The average molecular weight is 1260 g/mol. The molecule has 0 amide bonds. The van der Waals surface area contributed by atoms with E-state index in [2.05, 4.69) is 0 Å². The van der Waals surface area contributed by atoms with E-state index in [0.29, 0.717) is 0 Å². The molecule has 89 heavy (non-hydrogen) atoms. The monoisotopic (exact) mass is 1260 g/mol. The van der Waals surface area contributed by atoms with Gasteiger partial charge in [0.1, 0.15) is 152 Å². The van der Waals surface area contributed by atoms with Crippen LogP contribution in [0.15, 0.2) is 89.3 Å². The summed E-state index contributed by atoms with van der Waals surface area (Å²) in [6, 6.07) is 16.3. The van der Waals surface area contributed by atoms with E-state index in [1.807, 2.05) is 0 Å². The molecule has 482 valence electrons. The Bertz CT molecular complexity index is 3290. The van der Waals surface area contributed by atoms with Crippen molar-refractivity contribution in [2.24, 2.45) is 0 Å². The highest BCUT2D eigenvalue weighted by molar-refractivity contribution is 5.91. The van der Waals surface area contributed by atoms with Crippen molar-refractivity contribution in [2.45, 2.75) is 129 Å². The van der Waals surface area contributed by atoms with Crippen LogP contribution in [0.4, 0.5) is 0 Å². The lowest BCUT2D eigenvalue weighted by molar-refractivity contribution is -0.278. The number of aliphatic hydroxyl groups is 13. The van der Waals surface area contributed by atoms with Gasteiger partial charge in [0.05, 0.1) is 29.4 Å². The van der Waals surface area contributed by atoms with Gasteiger partial charge in [-0.15, -0.1) is 0 Å². The quantitative estimate of drug-likeness (QED) is 0.0153. The van der Waals surface area contributed by atoms with Gasteiger partial charge in [-0.25, -0.2) is 14.0 Å². The molecule has 4 aliphatic heterocycles. The highest BCUT2D eigenvalue weighted by atomic mass is 16.7. The molecule has 4 aliphatic rings. The molecule has 0 saturated carbocycles. The van der Waals surface area contributed by atoms with Gasteiger partial charge in [0.25, 0.3) is 0 Å². The molecule has 0 bridgehead atoms. The summed E-state index contributed by atoms with van der Waals surface area (Å²) in [6.45, 7) is -3.08. The number of aromatic hydroxyl groups is 3. The highest BCUT2D eigenvalue weighted by Crippen LogP contribution is 2.44. The van der Waals surface area contributed by atoms with Crippen LogP contribution in [0, 0.1) is 0 Å². The molecule has 4 saturated heterocycles. The number of phenolic OH excluding ortho intramolecular Hbond substituents is 3. The van der Waals surface area contributed by atoms with Gasteiger partial charge in [-0.1, -0.05) is 0 Å². The largest absolute Gasteiger partial charge is 0.508 e. The van der Waals surface area contributed by atoms with Crippen LogP contribution in [0.2, 0.25) is 0 Å². The number of aliphatic hydroxyl groups excluding tert-OH is 13. The molecule has 0 spiro atoms. The van der Waals surface area contributed by atoms with Crippen LogP contribution >= 0.6 is 0 Å². The van der Waals surface area contributed by atoms with Crippen molar-refractivity contribution in [3.8, 4) is 51.6 Å². The fourth-order valence-electron chi connectivity index (χ4n) is 9.52. The lowest BCUT2D eigenvalue weighted by atomic mass is 9.99. The van der Waals surface area contributed by atoms with Crippen molar-refractivity contribution >= 4 is 34.8 Å². The molecule has 0 aliphatic carbocycles. The van der Waals surface area contributed by atoms with Gasteiger partial charge in [0.15, 0.2) is 11.5 Å². The number of ether oxygens (including phenoxy) is 11. The number of carbonyl (C=O) groups excluding carboxylic acids is 3. The molecule has 0 radical (unpaired) electrons. The molecule has 5 heterocycles. The molecule has 33 nitrogen and oxygen atoms in total. The smallest absolute Gasteiger partial charge is 0.402 e. The first-order chi connectivity index (χ1) is 42.3. The van der Waals surface area contributed by atoms with Gasteiger partial charge in [0.2, 0.25) is 30.9 Å². The first-order valence-corrected chi connectivity index (χ1v) is 26.9. The minimum atomic E-state index is -2.12. The van der Waals surface area contributed by atoms with E-state index in [0.717, 1.165) is 30.3 Å². The Labute approximate surface area is 499 Å². The Morgan fingerprint density at radius 1 is 0.438 bits per heavy atom. The van der Waals surface area contributed by atoms with Gasteiger partial charge in [-0.05, 0) is 60.7 Å². The van der Waals surface area contributed by atoms with E-state index < -0.39 is 208 Å². The summed E-state index contributed by atoms with van der Waals surface area (Å²) in [5, 5.41) is 179. The standard InChI is InChI=1S/C56H60O33/c57-16-32-38(64)42(68)46(72)53(86-32)81-24-8-3-21(4-9-24)52(77)80-19-35-41(67)45(71)48(74)55(89-35)84-30-11-22(5-10-27(30)59)50-31(85-56-49(75)44(70)39(65)33(88-56)17-78-37(63)15-36(61)62)14-26-28(60)12-25(13-29(26)83-50)82-54-47(73)43(69)40(66)34(87-54)18-79-51(76)20-1-6-23(58)7-2-20/h1-14,32-35,38-49,53-57,64-75H,15-19H2,(H3-,58,59,60,61,62,76)/p+1/t32-,33-,34-,35-,38-,39-,40-,41-,42+,43+,44+,45+,46-,47-,48-,49-,53-,54-,55-,56-/m1/s1. The van der Waals surface area contributed by atoms with Gasteiger partial charge < -0.3 is 139 Å². The number of carbonyl (C=O) groups is 4. The number of benzene rings is 4. The van der Waals surface area contributed by atoms with Crippen molar-refractivity contribution in [1.82, 2.24) is 0 Å². The first-order valence-electron chi connectivity index (χ1n) is 26.9. The summed E-state index contributed by atoms with van der Waals surface area (Å²) in [6.07, 6.45) is -37.8. The minimum Gasteiger partial charge on any atom is -0.508 e. The summed E-state index contributed by atoms with van der Waals surface area (Å²) >= 11 is 0. The van der Waals surface area contributed by atoms with Crippen molar-refractivity contribution in [2.75, 3.05) is 26.4 Å². The normalized spacial score (nSPS) is 32.1. The number of fused-ring (bicyclic) bond motifs is 1. The average Bonchev–Trinajstić information content (AvgIpc) is 1.19. The molecule has 5 aromatic rings.